The van der Waals surface area contributed by atoms with E-state index in [2.05, 4.69) is 56.9 Å². The summed E-state index contributed by atoms with van der Waals surface area (Å²) >= 11 is 3.48. The van der Waals surface area contributed by atoms with Crippen LogP contribution in [0.1, 0.15) is 55.7 Å². The van der Waals surface area contributed by atoms with Gasteiger partial charge in [-0.3, -0.25) is 0 Å². The Morgan fingerprint density at radius 1 is 1.00 bits per heavy atom. The number of halogens is 1. The van der Waals surface area contributed by atoms with Crippen molar-refractivity contribution in [3.05, 3.63) is 46.1 Å². The van der Waals surface area contributed by atoms with Crippen molar-refractivity contribution >= 4 is 27.7 Å². The molecule has 2 fully saturated rings. The minimum absolute atomic E-state index is 0.541. The van der Waals surface area contributed by atoms with E-state index in [1.54, 1.807) is 0 Å². The molecule has 4 nitrogen and oxygen atoms in total. The zero-order valence-corrected chi connectivity index (χ0v) is 15.3. The van der Waals surface area contributed by atoms with Gasteiger partial charge in [0.05, 0.1) is 5.69 Å². The monoisotopic (exact) mass is 386 g/mol. The molecule has 1 aromatic heterocycles. The maximum absolute atomic E-state index is 4.76. The summed E-state index contributed by atoms with van der Waals surface area (Å²) in [6.07, 6.45) is 7.61. The van der Waals surface area contributed by atoms with Crippen LogP contribution in [0.2, 0.25) is 0 Å². The molecule has 126 valence electrons. The van der Waals surface area contributed by atoms with E-state index in [1.165, 1.54) is 49.8 Å². The van der Waals surface area contributed by atoms with E-state index in [0.717, 1.165) is 22.8 Å². The molecule has 2 aliphatic rings. The molecule has 0 aliphatic heterocycles. The Labute approximate surface area is 151 Å². The van der Waals surface area contributed by atoms with Crippen LogP contribution in [-0.2, 0) is 6.54 Å². The second-order valence-electron chi connectivity index (χ2n) is 6.88. The van der Waals surface area contributed by atoms with Gasteiger partial charge in [-0.2, -0.15) is 4.98 Å². The van der Waals surface area contributed by atoms with Crippen LogP contribution in [0.5, 0.6) is 0 Å². The van der Waals surface area contributed by atoms with Crippen molar-refractivity contribution in [3.8, 4) is 0 Å². The molecule has 2 N–H and O–H groups in total. The summed E-state index contributed by atoms with van der Waals surface area (Å²) < 4.78 is 1.10. The first-order chi connectivity index (χ1) is 11.8. The lowest BCUT2D eigenvalue weighted by molar-refractivity contribution is 0.741. The van der Waals surface area contributed by atoms with Gasteiger partial charge in [0, 0.05) is 29.0 Å². The quantitative estimate of drug-likeness (QED) is 0.726. The maximum Gasteiger partial charge on any atom is 0.225 e. The first-order valence-electron chi connectivity index (χ1n) is 8.90. The lowest BCUT2D eigenvalue weighted by Gasteiger charge is -2.15. The lowest BCUT2D eigenvalue weighted by Crippen LogP contribution is -2.17. The van der Waals surface area contributed by atoms with Crippen molar-refractivity contribution in [3.63, 3.8) is 0 Å². The molecule has 0 unspecified atom stereocenters. The van der Waals surface area contributed by atoms with Crippen LogP contribution in [0.4, 0.5) is 11.8 Å². The summed E-state index contributed by atoms with van der Waals surface area (Å²) in [6, 6.07) is 11.0. The van der Waals surface area contributed by atoms with Gasteiger partial charge in [-0.15, -0.1) is 0 Å². The first kappa shape index (κ1) is 15.9. The Bertz CT molecular complexity index is 691. The standard InChI is InChI=1S/C19H23BrN4/c20-15-9-5-13(6-10-15)12-21-18-11-17(14-7-8-14)23-19(24-18)22-16-3-1-2-4-16/h5-6,9-11,14,16H,1-4,7-8,12H2,(H2,21,22,23,24). The molecule has 5 heteroatoms. The van der Waals surface area contributed by atoms with Gasteiger partial charge in [-0.05, 0) is 43.4 Å². The largest absolute Gasteiger partial charge is 0.366 e. The van der Waals surface area contributed by atoms with Crippen molar-refractivity contribution < 1.29 is 0 Å². The fourth-order valence-electron chi connectivity index (χ4n) is 3.26. The molecule has 0 saturated heterocycles. The van der Waals surface area contributed by atoms with Crippen molar-refractivity contribution in [1.29, 1.82) is 0 Å². The zero-order chi connectivity index (χ0) is 16.4. The number of aromatic nitrogens is 2. The smallest absolute Gasteiger partial charge is 0.225 e. The molecule has 0 atom stereocenters. The molecule has 4 rings (SSSR count). The average molecular weight is 387 g/mol. The van der Waals surface area contributed by atoms with E-state index in [9.17, 15) is 0 Å². The van der Waals surface area contributed by atoms with Gasteiger partial charge in [-0.1, -0.05) is 40.9 Å². The first-order valence-corrected chi connectivity index (χ1v) is 9.69. The van der Waals surface area contributed by atoms with Gasteiger partial charge in [0.1, 0.15) is 5.82 Å². The Morgan fingerprint density at radius 3 is 2.46 bits per heavy atom. The number of benzene rings is 1. The van der Waals surface area contributed by atoms with E-state index in [0.29, 0.717) is 12.0 Å². The normalized spacial score (nSPS) is 17.9. The average Bonchev–Trinajstić information content (AvgIpc) is 3.33. The SMILES string of the molecule is Brc1ccc(CNc2cc(C3CC3)nc(NC3CCCC3)n2)cc1. The molecule has 0 radical (unpaired) electrons. The van der Waals surface area contributed by atoms with Crippen LogP contribution in [-0.4, -0.2) is 16.0 Å². The summed E-state index contributed by atoms with van der Waals surface area (Å²) in [6.45, 7) is 0.775. The Hall–Kier alpha value is -1.62. The highest BCUT2D eigenvalue weighted by Crippen LogP contribution is 2.40. The lowest BCUT2D eigenvalue weighted by atomic mass is 10.2. The summed E-state index contributed by atoms with van der Waals surface area (Å²) in [5, 5.41) is 7.00. The fraction of sp³-hybridized carbons (Fsp3) is 0.474. The van der Waals surface area contributed by atoms with Gasteiger partial charge in [-0.25, -0.2) is 4.98 Å². The number of nitrogens with one attached hydrogen (secondary N) is 2. The molecule has 1 heterocycles. The summed E-state index contributed by atoms with van der Waals surface area (Å²) in [4.78, 5) is 9.45. The van der Waals surface area contributed by atoms with Crippen LogP contribution in [0, 0.1) is 0 Å². The minimum Gasteiger partial charge on any atom is -0.366 e. The number of hydrogen-bond donors (Lipinski definition) is 2. The van der Waals surface area contributed by atoms with Crippen LogP contribution >= 0.6 is 15.9 Å². The highest BCUT2D eigenvalue weighted by molar-refractivity contribution is 9.10. The highest BCUT2D eigenvalue weighted by Gasteiger charge is 2.26. The Kier molecular flexibility index (Phi) is 4.69. The molecular weight excluding hydrogens is 364 g/mol. The van der Waals surface area contributed by atoms with E-state index >= 15 is 0 Å². The molecule has 0 spiro atoms. The molecule has 0 bridgehead atoms. The van der Waals surface area contributed by atoms with Gasteiger partial charge < -0.3 is 10.6 Å². The van der Waals surface area contributed by atoms with Gasteiger partial charge in [0.25, 0.3) is 0 Å². The molecule has 24 heavy (non-hydrogen) atoms. The summed E-state index contributed by atoms with van der Waals surface area (Å²) in [5.74, 6) is 2.35. The van der Waals surface area contributed by atoms with Gasteiger partial charge >= 0.3 is 0 Å². The molecule has 2 aliphatic carbocycles. The van der Waals surface area contributed by atoms with Crippen LogP contribution < -0.4 is 10.6 Å². The number of nitrogens with zero attached hydrogens (tertiary/aromatic N) is 2. The van der Waals surface area contributed by atoms with Gasteiger partial charge in [0.15, 0.2) is 0 Å². The van der Waals surface area contributed by atoms with E-state index in [-0.39, 0.29) is 0 Å². The predicted octanol–water partition coefficient (Wildman–Crippen LogP) is 5.08. The third-order valence-corrected chi connectivity index (χ3v) is 5.35. The van der Waals surface area contributed by atoms with E-state index in [4.69, 9.17) is 9.97 Å². The number of anilines is 2. The molecule has 0 amide bonds. The zero-order valence-electron chi connectivity index (χ0n) is 13.8. The second kappa shape index (κ2) is 7.09. The van der Waals surface area contributed by atoms with Crippen molar-refractivity contribution in [2.45, 2.75) is 57.0 Å². The van der Waals surface area contributed by atoms with E-state index < -0.39 is 0 Å². The minimum atomic E-state index is 0.541. The van der Waals surface area contributed by atoms with Crippen LogP contribution in [0.25, 0.3) is 0 Å². The number of hydrogen-bond acceptors (Lipinski definition) is 4. The summed E-state index contributed by atoms with van der Waals surface area (Å²) in [7, 11) is 0. The third-order valence-electron chi connectivity index (χ3n) is 4.82. The second-order valence-corrected chi connectivity index (χ2v) is 7.80. The number of rotatable bonds is 6. The fourth-order valence-corrected chi connectivity index (χ4v) is 3.52. The third kappa shape index (κ3) is 4.07. The van der Waals surface area contributed by atoms with Crippen molar-refractivity contribution in [1.82, 2.24) is 9.97 Å². The predicted molar refractivity (Wildman–Crippen MR) is 101 cm³/mol. The summed E-state index contributed by atoms with van der Waals surface area (Å²) in [5.41, 5.74) is 2.43. The Balaban J connectivity index is 1.48. The Morgan fingerprint density at radius 2 is 1.75 bits per heavy atom. The van der Waals surface area contributed by atoms with Crippen LogP contribution in [0.3, 0.4) is 0 Å². The highest BCUT2D eigenvalue weighted by atomic mass is 79.9. The maximum atomic E-state index is 4.76. The van der Waals surface area contributed by atoms with Gasteiger partial charge in [0.2, 0.25) is 5.95 Å². The van der Waals surface area contributed by atoms with E-state index in [1.807, 2.05) is 0 Å². The molecule has 2 aromatic rings. The van der Waals surface area contributed by atoms with Crippen LogP contribution in [0.15, 0.2) is 34.8 Å². The van der Waals surface area contributed by atoms with Crippen molar-refractivity contribution in [2.75, 3.05) is 10.6 Å². The molecule has 2 saturated carbocycles. The topological polar surface area (TPSA) is 49.8 Å². The molecule has 1 aromatic carbocycles. The molecular formula is C19H23BrN4. The van der Waals surface area contributed by atoms with Crippen molar-refractivity contribution in [2.24, 2.45) is 0 Å².